The van der Waals surface area contributed by atoms with E-state index in [-0.39, 0.29) is 18.3 Å². The Morgan fingerprint density at radius 3 is 1.43 bits per heavy atom. The lowest BCUT2D eigenvalue weighted by atomic mass is 10.0. The zero-order valence-corrected chi connectivity index (χ0v) is 21.9. The second-order valence-corrected chi connectivity index (χ2v) is 9.30. The molecule has 30 heavy (non-hydrogen) atoms. The van der Waals surface area contributed by atoms with Gasteiger partial charge in [-0.25, -0.2) is 0 Å². The van der Waals surface area contributed by atoms with Crippen molar-refractivity contribution in [3.05, 3.63) is 0 Å². The molecule has 0 heterocycles. The van der Waals surface area contributed by atoms with Gasteiger partial charge in [-0.2, -0.15) is 0 Å². The number of aliphatic imine (C=N–C) groups is 1. The van der Waals surface area contributed by atoms with Gasteiger partial charge in [0.05, 0.1) is 26.7 Å². The number of hydrogen-bond acceptors (Lipinski definition) is 2. The summed E-state index contributed by atoms with van der Waals surface area (Å²) >= 11 is 0. The van der Waals surface area contributed by atoms with Crippen molar-refractivity contribution in [3.63, 3.8) is 0 Å². The standard InChI is InChI=1S/C26H54N2O.ClH/c1-5-8-9-10-11-12-13-14-15-16-17-18-19-20-21-23-26(29)27-24-22-25-28(4,6-2)7-3;/h5-25H2,1-4H3;1H. The zero-order valence-electron chi connectivity index (χ0n) is 21.1. The molecule has 4 heteroatoms. The van der Waals surface area contributed by atoms with E-state index in [1.54, 1.807) is 0 Å². The van der Waals surface area contributed by atoms with E-state index in [0.717, 1.165) is 37.0 Å². The van der Waals surface area contributed by atoms with Crippen LogP contribution in [0.3, 0.4) is 0 Å². The minimum Gasteiger partial charge on any atom is -0.862 e. The molecular formula is C26H55ClN2O. The predicted molar refractivity (Wildman–Crippen MR) is 136 cm³/mol. The first-order chi connectivity index (χ1) is 14.1. The van der Waals surface area contributed by atoms with Crippen molar-refractivity contribution in [1.29, 1.82) is 0 Å². The first kappa shape index (κ1) is 31.9. The number of nitrogens with zero attached hydrogens (tertiary/aromatic N) is 2. The molecule has 3 nitrogen and oxygen atoms in total. The summed E-state index contributed by atoms with van der Waals surface area (Å²) in [6, 6.07) is 0. The van der Waals surface area contributed by atoms with Crippen molar-refractivity contribution in [3.8, 4) is 0 Å². The van der Waals surface area contributed by atoms with E-state index in [1.165, 1.54) is 89.9 Å². The molecule has 0 spiro atoms. The molecule has 182 valence electrons. The number of unbranched alkanes of at least 4 members (excludes halogenated alkanes) is 14. The van der Waals surface area contributed by atoms with Crippen LogP contribution in [0, 0.1) is 0 Å². The lowest BCUT2D eigenvalue weighted by Gasteiger charge is -2.32. The Balaban J connectivity index is 0. The molecule has 0 aromatic rings. The van der Waals surface area contributed by atoms with E-state index < -0.39 is 0 Å². The Bertz CT molecular complexity index is 370. The molecule has 0 saturated carbocycles. The molecule has 0 atom stereocenters. The molecule has 0 radical (unpaired) electrons. The fraction of sp³-hybridized carbons (Fsp3) is 0.962. The van der Waals surface area contributed by atoms with Crippen LogP contribution in [0.2, 0.25) is 0 Å². The van der Waals surface area contributed by atoms with Crippen molar-refractivity contribution in [2.45, 2.75) is 130 Å². The number of quaternary nitrogens is 1. The Labute approximate surface area is 196 Å². The summed E-state index contributed by atoms with van der Waals surface area (Å²) in [5, 5.41) is 11.9. The van der Waals surface area contributed by atoms with Crippen LogP contribution in [-0.4, -0.2) is 43.6 Å². The molecule has 0 bridgehead atoms. The number of hydrogen-bond donors (Lipinski definition) is 0. The Hall–Kier alpha value is -0.280. The minimum atomic E-state index is 0. The summed E-state index contributed by atoms with van der Waals surface area (Å²) in [6.45, 7) is 10.9. The maximum atomic E-state index is 11.9. The van der Waals surface area contributed by atoms with Gasteiger partial charge in [0.25, 0.3) is 0 Å². The second kappa shape index (κ2) is 23.4. The summed E-state index contributed by atoms with van der Waals surface area (Å²) in [5.74, 6) is 0.127. The molecular weight excluding hydrogens is 392 g/mol. The molecule has 0 aliphatic heterocycles. The summed E-state index contributed by atoms with van der Waals surface area (Å²) < 4.78 is 1.09. The monoisotopic (exact) mass is 446 g/mol. The average molecular weight is 447 g/mol. The molecule has 0 unspecified atom stereocenters. The van der Waals surface area contributed by atoms with Crippen LogP contribution in [-0.2, 0) is 0 Å². The highest BCUT2D eigenvalue weighted by molar-refractivity contribution is 5.85. The third-order valence-electron chi connectivity index (χ3n) is 6.67. The SMILES string of the molecule is CCCCCCCCCCCCCCCCCC([O-])=NCCC[N+](C)(CC)CC.Cl. The quantitative estimate of drug-likeness (QED) is 0.0742. The van der Waals surface area contributed by atoms with Crippen molar-refractivity contribution >= 4 is 18.3 Å². The van der Waals surface area contributed by atoms with Gasteiger partial charge in [0, 0.05) is 13.0 Å². The molecule has 0 rings (SSSR count). The van der Waals surface area contributed by atoms with E-state index in [1.807, 2.05) is 0 Å². The van der Waals surface area contributed by atoms with E-state index in [2.05, 4.69) is 32.8 Å². The Morgan fingerprint density at radius 2 is 1.03 bits per heavy atom. The lowest BCUT2D eigenvalue weighted by Crippen LogP contribution is -2.44. The van der Waals surface area contributed by atoms with Crippen molar-refractivity contribution < 1.29 is 9.59 Å². The fourth-order valence-electron chi connectivity index (χ4n) is 3.92. The van der Waals surface area contributed by atoms with Gasteiger partial charge in [-0.3, -0.25) is 0 Å². The maximum absolute atomic E-state index is 11.9. The van der Waals surface area contributed by atoms with Gasteiger partial charge in [-0.15, -0.1) is 12.4 Å². The van der Waals surface area contributed by atoms with Gasteiger partial charge < -0.3 is 14.6 Å². The second-order valence-electron chi connectivity index (χ2n) is 9.30. The zero-order chi connectivity index (χ0) is 21.6. The summed E-state index contributed by atoms with van der Waals surface area (Å²) in [5.41, 5.74) is 0. The molecule has 0 N–H and O–H groups in total. The topological polar surface area (TPSA) is 35.4 Å². The van der Waals surface area contributed by atoms with E-state index in [0.29, 0.717) is 13.0 Å². The third kappa shape index (κ3) is 21.0. The third-order valence-corrected chi connectivity index (χ3v) is 6.67. The van der Waals surface area contributed by atoms with Gasteiger partial charge in [0.2, 0.25) is 0 Å². The molecule has 0 fully saturated rings. The molecule has 0 aliphatic rings. The van der Waals surface area contributed by atoms with Crippen LogP contribution in [0.25, 0.3) is 0 Å². The first-order valence-corrected chi connectivity index (χ1v) is 13.1. The molecule has 0 amide bonds. The smallest absolute Gasteiger partial charge is 0.0802 e. The van der Waals surface area contributed by atoms with E-state index >= 15 is 0 Å². The summed E-state index contributed by atoms with van der Waals surface area (Å²) in [7, 11) is 2.29. The highest BCUT2D eigenvalue weighted by Crippen LogP contribution is 2.13. The number of rotatable bonds is 22. The van der Waals surface area contributed by atoms with Crippen molar-refractivity contribution in [2.75, 3.05) is 33.2 Å². The van der Waals surface area contributed by atoms with Crippen LogP contribution in [0.4, 0.5) is 0 Å². The fourth-order valence-corrected chi connectivity index (χ4v) is 3.92. The average Bonchev–Trinajstić information content (AvgIpc) is 2.73. The van der Waals surface area contributed by atoms with Gasteiger partial charge in [-0.1, -0.05) is 96.8 Å². The highest BCUT2D eigenvalue weighted by Gasteiger charge is 2.14. The summed E-state index contributed by atoms with van der Waals surface area (Å²) in [4.78, 5) is 4.25. The normalized spacial score (nSPS) is 12.2. The van der Waals surface area contributed by atoms with Gasteiger partial charge in [0.1, 0.15) is 0 Å². The molecule has 0 aromatic heterocycles. The van der Waals surface area contributed by atoms with Crippen LogP contribution in [0.5, 0.6) is 0 Å². The van der Waals surface area contributed by atoms with Crippen LogP contribution >= 0.6 is 12.4 Å². The van der Waals surface area contributed by atoms with E-state index in [4.69, 9.17) is 0 Å². The van der Waals surface area contributed by atoms with Crippen LogP contribution in [0.15, 0.2) is 4.99 Å². The highest BCUT2D eigenvalue weighted by atomic mass is 35.5. The Kier molecular flexibility index (Phi) is 24.9. The van der Waals surface area contributed by atoms with Crippen molar-refractivity contribution in [1.82, 2.24) is 0 Å². The molecule has 0 aromatic carbocycles. The van der Waals surface area contributed by atoms with Gasteiger partial charge in [0.15, 0.2) is 0 Å². The minimum absolute atomic E-state index is 0. The largest absolute Gasteiger partial charge is 0.862 e. The maximum Gasteiger partial charge on any atom is 0.0802 e. The molecule has 0 aliphatic carbocycles. The van der Waals surface area contributed by atoms with Crippen molar-refractivity contribution in [2.24, 2.45) is 4.99 Å². The Morgan fingerprint density at radius 1 is 0.633 bits per heavy atom. The van der Waals surface area contributed by atoms with Crippen LogP contribution in [0.1, 0.15) is 130 Å². The first-order valence-electron chi connectivity index (χ1n) is 13.1. The van der Waals surface area contributed by atoms with Crippen LogP contribution < -0.4 is 5.11 Å². The van der Waals surface area contributed by atoms with Gasteiger partial charge >= 0.3 is 0 Å². The predicted octanol–water partition coefficient (Wildman–Crippen LogP) is 7.31. The lowest BCUT2D eigenvalue weighted by molar-refractivity contribution is -0.906. The number of halogens is 1. The van der Waals surface area contributed by atoms with E-state index in [9.17, 15) is 5.11 Å². The van der Waals surface area contributed by atoms with Gasteiger partial charge in [-0.05, 0) is 32.6 Å². The summed E-state index contributed by atoms with van der Waals surface area (Å²) in [6.07, 6.45) is 22.1. The molecule has 0 saturated heterocycles.